The molecule has 0 aliphatic rings. The second-order valence-electron chi connectivity index (χ2n) is 6.82. The number of nitrogens with zero attached hydrogens (tertiary/aromatic N) is 2. The van der Waals surface area contributed by atoms with Gasteiger partial charge in [0.15, 0.2) is 5.16 Å². The predicted octanol–water partition coefficient (Wildman–Crippen LogP) is 5.84. The van der Waals surface area contributed by atoms with Crippen LogP contribution in [0, 0.1) is 6.92 Å². The van der Waals surface area contributed by atoms with Crippen LogP contribution in [-0.4, -0.2) is 21.2 Å². The van der Waals surface area contributed by atoms with Gasteiger partial charge in [-0.3, -0.25) is 14.2 Å². The van der Waals surface area contributed by atoms with Crippen molar-refractivity contribution < 1.29 is 4.79 Å². The number of hydrogen-bond donors (Lipinski definition) is 1. The summed E-state index contributed by atoms with van der Waals surface area (Å²) in [4.78, 5) is 30.5. The Bertz CT molecular complexity index is 1340. The van der Waals surface area contributed by atoms with Gasteiger partial charge >= 0.3 is 0 Å². The van der Waals surface area contributed by atoms with Crippen molar-refractivity contribution in [1.29, 1.82) is 0 Å². The van der Waals surface area contributed by atoms with Crippen LogP contribution in [-0.2, 0) is 4.79 Å². The van der Waals surface area contributed by atoms with Gasteiger partial charge < -0.3 is 5.32 Å². The standard InChI is InChI=1S/C23H17BrClN3O2S/c1-14-12-16(25)8-11-19(14)26-21(29)13-31-23-27-20-5-3-2-4-18(20)22(30)28(23)17-9-6-15(24)7-10-17/h2-12H,13H2,1H3,(H,26,29). The number of halogens is 2. The molecular weight excluding hydrogens is 498 g/mol. The molecule has 1 aromatic heterocycles. The number of aromatic nitrogens is 2. The molecule has 8 heteroatoms. The van der Waals surface area contributed by atoms with Gasteiger partial charge in [0.1, 0.15) is 0 Å². The van der Waals surface area contributed by atoms with E-state index in [0.29, 0.717) is 32.5 Å². The summed E-state index contributed by atoms with van der Waals surface area (Å²) < 4.78 is 2.45. The van der Waals surface area contributed by atoms with Crippen molar-refractivity contribution in [3.8, 4) is 5.69 Å². The number of nitrogens with one attached hydrogen (secondary N) is 1. The van der Waals surface area contributed by atoms with Gasteiger partial charge in [-0.15, -0.1) is 0 Å². The van der Waals surface area contributed by atoms with E-state index in [0.717, 1.165) is 10.0 Å². The Kier molecular flexibility index (Phi) is 6.46. The monoisotopic (exact) mass is 513 g/mol. The first-order valence-corrected chi connectivity index (χ1v) is 11.5. The first-order chi connectivity index (χ1) is 14.9. The zero-order valence-electron chi connectivity index (χ0n) is 16.4. The van der Waals surface area contributed by atoms with Crippen LogP contribution in [0.2, 0.25) is 5.02 Å². The number of benzene rings is 3. The lowest BCUT2D eigenvalue weighted by Gasteiger charge is -2.14. The Balaban J connectivity index is 1.66. The highest BCUT2D eigenvalue weighted by Gasteiger charge is 2.15. The molecule has 1 N–H and O–H groups in total. The minimum atomic E-state index is -0.194. The van der Waals surface area contributed by atoms with Gasteiger partial charge in [0.2, 0.25) is 5.91 Å². The molecule has 0 bridgehead atoms. The molecule has 0 spiro atoms. The van der Waals surface area contributed by atoms with E-state index < -0.39 is 0 Å². The van der Waals surface area contributed by atoms with Crippen molar-refractivity contribution in [2.45, 2.75) is 12.1 Å². The summed E-state index contributed by atoms with van der Waals surface area (Å²) in [6.45, 7) is 1.88. The fourth-order valence-electron chi connectivity index (χ4n) is 3.11. The highest BCUT2D eigenvalue weighted by molar-refractivity contribution is 9.10. The molecule has 0 saturated carbocycles. The lowest BCUT2D eigenvalue weighted by atomic mass is 10.2. The largest absolute Gasteiger partial charge is 0.325 e. The van der Waals surface area contributed by atoms with E-state index in [-0.39, 0.29) is 17.2 Å². The van der Waals surface area contributed by atoms with Crippen molar-refractivity contribution in [2.24, 2.45) is 0 Å². The average molecular weight is 515 g/mol. The summed E-state index contributed by atoms with van der Waals surface area (Å²) in [5, 5.41) is 4.48. The summed E-state index contributed by atoms with van der Waals surface area (Å²) in [7, 11) is 0. The maximum atomic E-state index is 13.2. The van der Waals surface area contributed by atoms with Crippen LogP contribution >= 0.6 is 39.3 Å². The lowest BCUT2D eigenvalue weighted by molar-refractivity contribution is -0.113. The van der Waals surface area contributed by atoms with Crippen LogP contribution in [0.1, 0.15) is 5.56 Å². The number of carbonyl (C=O) groups is 1. The first kappa shape index (κ1) is 21.6. The number of fused-ring (bicyclic) bond motifs is 1. The van der Waals surface area contributed by atoms with Gasteiger partial charge in [0.25, 0.3) is 5.56 Å². The number of amides is 1. The van der Waals surface area contributed by atoms with Gasteiger partial charge in [-0.25, -0.2) is 4.98 Å². The number of anilines is 1. The second kappa shape index (κ2) is 9.26. The van der Waals surface area contributed by atoms with Crippen molar-refractivity contribution in [2.75, 3.05) is 11.1 Å². The minimum absolute atomic E-state index is 0.101. The predicted molar refractivity (Wildman–Crippen MR) is 131 cm³/mol. The highest BCUT2D eigenvalue weighted by Crippen LogP contribution is 2.24. The molecule has 0 aliphatic carbocycles. The first-order valence-electron chi connectivity index (χ1n) is 9.39. The number of para-hydroxylation sites is 1. The van der Waals surface area contributed by atoms with E-state index in [4.69, 9.17) is 11.6 Å². The molecule has 0 saturated heterocycles. The Morgan fingerprint density at radius 2 is 1.87 bits per heavy atom. The normalized spacial score (nSPS) is 10.9. The molecule has 31 heavy (non-hydrogen) atoms. The minimum Gasteiger partial charge on any atom is -0.325 e. The van der Waals surface area contributed by atoms with Crippen molar-refractivity contribution in [3.63, 3.8) is 0 Å². The Hall–Kier alpha value is -2.61. The van der Waals surface area contributed by atoms with Gasteiger partial charge in [-0.2, -0.15) is 0 Å². The molecule has 0 aliphatic heterocycles. The average Bonchev–Trinajstić information content (AvgIpc) is 2.75. The molecule has 1 amide bonds. The molecule has 0 unspecified atom stereocenters. The molecule has 4 aromatic rings. The number of aryl methyl sites for hydroxylation is 1. The summed E-state index contributed by atoms with van der Waals surface area (Å²) in [5.41, 5.74) is 2.68. The molecule has 1 heterocycles. The molecule has 3 aromatic carbocycles. The Morgan fingerprint density at radius 1 is 1.13 bits per heavy atom. The fourth-order valence-corrected chi connectivity index (χ4v) is 4.41. The Labute approximate surface area is 196 Å². The van der Waals surface area contributed by atoms with Crippen LogP contribution in [0.15, 0.2) is 81.2 Å². The van der Waals surface area contributed by atoms with E-state index in [1.54, 1.807) is 34.9 Å². The third-order valence-corrected chi connectivity index (χ3v) is 6.33. The summed E-state index contributed by atoms with van der Waals surface area (Å²) in [6.07, 6.45) is 0. The van der Waals surface area contributed by atoms with E-state index in [2.05, 4.69) is 26.2 Å². The number of rotatable bonds is 5. The van der Waals surface area contributed by atoms with Gasteiger partial charge in [-0.1, -0.05) is 51.4 Å². The molecule has 0 atom stereocenters. The number of hydrogen-bond acceptors (Lipinski definition) is 4. The third kappa shape index (κ3) is 4.84. The van der Waals surface area contributed by atoms with Crippen LogP contribution in [0.25, 0.3) is 16.6 Å². The van der Waals surface area contributed by atoms with Crippen molar-refractivity contribution in [1.82, 2.24) is 9.55 Å². The molecule has 4 rings (SSSR count). The van der Waals surface area contributed by atoms with E-state index in [1.807, 2.05) is 43.3 Å². The number of carbonyl (C=O) groups excluding carboxylic acids is 1. The summed E-state index contributed by atoms with van der Waals surface area (Å²) in [6, 6.07) is 19.9. The molecule has 0 fully saturated rings. The van der Waals surface area contributed by atoms with Crippen LogP contribution < -0.4 is 10.9 Å². The second-order valence-corrected chi connectivity index (χ2v) is 9.12. The van der Waals surface area contributed by atoms with E-state index in [9.17, 15) is 9.59 Å². The smallest absolute Gasteiger partial charge is 0.266 e. The maximum Gasteiger partial charge on any atom is 0.266 e. The quantitative estimate of drug-likeness (QED) is 0.268. The van der Waals surface area contributed by atoms with E-state index >= 15 is 0 Å². The molecular formula is C23H17BrClN3O2S. The van der Waals surface area contributed by atoms with Gasteiger partial charge in [-0.05, 0) is 67.1 Å². The van der Waals surface area contributed by atoms with Crippen LogP contribution in [0.4, 0.5) is 5.69 Å². The van der Waals surface area contributed by atoms with Crippen molar-refractivity contribution >= 4 is 61.8 Å². The van der Waals surface area contributed by atoms with E-state index in [1.165, 1.54) is 11.8 Å². The summed E-state index contributed by atoms with van der Waals surface area (Å²) in [5.74, 6) is -0.0937. The third-order valence-electron chi connectivity index (χ3n) is 4.62. The Morgan fingerprint density at radius 3 is 2.61 bits per heavy atom. The lowest BCUT2D eigenvalue weighted by Crippen LogP contribution is -2.23. The highest BCUT2D eigenvalue weighted by atomic mass is 79.9. The zero-order valence-corrected chi connectivity index (χ0v) is 19.6. The molecule has 5 nitrogen and oxygen atoms in total. The molecule has 0 radical (unpaired) electrons. The SMILES string of the molecule is Cc1cc(Cl)ccc1NC(=O)CSc1nc2ccccc2c(=O)n1-c1ccc(Br)cc1. The van der Waals surface area contributed by atoms with Crippen molar-refractivity contribution in [3.05, 3.63) is 92.1 Å². The maximum absolute atomic E-state index is 13.2. The summed E-state index contributed by atoms with van der Waals surface area (Å²) >= 11 is 10.6. The molecule has 156 valence electrons. The van der Waals surface area contributed by atoms with Crippen LogP contribution in [0.5, 0.6) is 0 Å². The van der Waals surface area contributed by atoms with Gasteiger partial charge in [0, 0.05) is 15.2 Å². The zero-order chi connectivity index (χ0) is 22.0. The van der Waals surface area contributed by atoms with Crippen LogP contribution in [0.3, 0.4) is 0 Å². The fraction of sp³-hybridized carbons (Fsp3) is 0.0870. The topological polar surface area (TPSA) is 64.0 Å². The van der Waals surface area contributed by atoms with Gasteiger partial charge in [0.05, 0.1) is 22.3 Å². The number of thioether (sulfide) groups is 1.